The first-order valence-corrected chi connectivity index (χ1v) is 5.93. The third-order valence-corrected chi connectivity index (χ3v) is 2.51. The first-order chi connectivity index (χ1) is 9.29. The summed E-state index contributed by atoms with van der Waals surface area (Å²) < 4.78 is 13.4. The number of nitrogens with zero attached hydrogens (tertiary/aromatic N) is 2. The number of anilines is 2. The van der Waals surface area contributed by atoms with Crippen LogP contribution in [0.4, 0.5) is 16.0 Å². The molecule has 1 aromatic heterocycles. The molecule has 19 heavy (non-hydrogen) atoms. The summed E-state index contributed by atoms with van der Waals surface area (Å²) in [6, 6.07) is 8.41. The van der Waals surface area contributed by atoms with Crippen molar-refractivity contribution < 1.29 is 4.39 Å². The number of hydrogen-bond donors (Lipinski definition) is 2. The van der Waals surface area contributed by atoms with Crippen LogP contribution in [0.2, 0.25) is 0 Å². The van der Waals surface area contributed by atoms with E-state index >= 15 is 0 Å². The van der Waals surface area contributed by atoms with Gasteiger partial charge < -0.3 is 10.6 Å². The van der Waals surface area contributed by atoms with E-state index in [9.17, 15) is 4.39 Å². The van der Waals surface area contributed by atoms with E-state index in [2.05, 4.69) is 27.2 Å². The first-order valence-electron chi connectivity index (χ1n) is 5.93. The quantitative estimate of drug-likeness (QED) is 0.782. The second-order valence-corrected chi connectivity index (χ2v) is 3.90. The number of hydrogen-bond acceptors (Lipinski definition) is 4. The third-order valence-electron chi connectivity index (χ3n) is 2.51. The summed E-state index contributed by atoms with van der Waals surface area (Å²) in [5.74, 6) is 1.12. The van der Waals surface area contributed by atoms with E-state index in [0.717, 1.165) is 0 Å². The molecule has 0 aliphatic carbocycles. The van der Waals surface area contributed by atoms with Crippen LogP contribution in [0, 0.1) is 5.82 Å². The SMILES string of the molecule is C=CCNc1cc(NCc2ccccc2F)ncn1. The van der Waals surface area contributed by atoms with Gasteiger partial charge in [-0.15, -0.1) is 6.58 Å². The van der Waals surface area contributed by atoms with Crippen molar-refractivity contribution >= 4 is 11.6 Å². The van der Waals surface area contributed by atoms with Crippen molar-refractivity contribution in [2.45, 2.75) is 6.54 Å². The van der Waals surface area contributed by atoms with E-state index in [-0.39, 0.29) is 5.82 Å². The zero-order chi connectivity index (χ0) is 13.5. The molecular formula is C14H15FN4. The van der Waals surface area contributed by atoms with E-state index in [0.29, 0.717) is 30.3 Å². The molecule has 4 nitrogen and oxygen atoms in total. The van der Waals surface area contributed by atoms with Crippen LogP contribution in [0.25, 0.3) is 0 Å². The highest BCUT2D eigenvalue weighted by atomic mass is 19.1. The summed E-state index contributed by atoms with van der Waals surface area (Å²) in [5, 5.41) is 6.12. The molecule has 0 saturated carbocycles. The van der Waals surface area contributed by atoms with Crippen molar-refractivity contribution in [1.29, 1.82) is 0 Å². The highest BCUT2D eigenvalue weighted by Gasteiger charge is 2.01. The minimum atomic E-state index is -0.228. The van der Waals surface area contributed by atoms with Gasteiger partial charge in [-0.05, 0) is 6.07 Å². The number of halogens is 1. The zero-order valence-corrected chi connectivity index (χ0v) is 10.4. The fourth-order valence-electron chi connectivity index (χ4n) is 1.55. The Morgan fingerprint density at radius 3 is 2.63 bits per heavy atom. The highest BCUT2D eigenvalue weighted by Crippen LogP contribution is 2.12. The van der Waals surface area contributed by atoms with E-state index in [1.807, 2.05) is 0 Å². The van der Waals surface area contributed by atoms with Gasteiger partial charge in [-0.2, -0.15) is 0 Å². The van der Waals surface area contributed by atoms with Crippen LogP contribution >= 0.6 is 0 Å². The van der Waals surface area contributed by atoms with Gasteiger partial charge in [0.05, 0.1) is 0 Å². The number of nitrogens with one attached hydrogen (secondary N) is 2. The summed E-state index contributed by atoms with van der Waals surface area (Å²) in [7, 11) is 0. The Bertz CT molecular complexity index is 557. The lowest BCUT2D eigenvalue weighted by Gasteiger charge is -2.08. The summed E-state index contributed by atoms with van der Waals surface area (Å²) in [4.78, 5) is 8.15. The Kier molecular flexibility index (Phi) is 4.44. The van der Waals surface area contributed by atoms with Gasteiger partial charge in [0.2, 0.25) is 0 Å². The van der Waals surface area contributed by atoms with Crippen molar-refractivity contribution in [3.05, 3.63) is 60.7 Å². The molecule has 1 heterocycles. The Labute approximate surface area is 111 Å². The summed E-state index contributed by atoms with van der Waals surface area (Å²) in [6.45, 7) is 4.63. The molecule has 2 rings (SSSR count). The Balaban J connectivity index is 1.99. The summed E-state index contributed by atoms with van der Waals surface area (Å²) in [5.41, 5.74) is 0.599. The van der Waals surface area contributed by atoms with Gasteiger partial charge in [-0.25, -0.2) is 14.4 Å². The Morgan fingerprint density at radius 1 is 1.16 bits per heavy atom. The lowest BCUT2D eigenvalue weighted by atomic mass is 10.2. The minimum Gasteiger partial charge on any atom is -0.366 e. The van der Waals surface area contributed by atoms with Gasteiger partial charge in [0.1, 0.15) is 23.8 Å². The van der Waals surface area contributed by atoms with Gasteiger partial charge >= 0.3 is 0 Å². The summed E-state index contributed by atoms with van der Waals surface area (Å²) >= 11 is 0. The van der Waals surface area contributed by atoms with Crippen LogP contribution in [-0.4, -0.2) is 16.5 Å². The maximum Gasteiger partial charge on any atom is 0.131 e. The van der Waals surface area contributed by atoms with Crippen LogP contribution in [0.15, 0.2) is 49.3 Å². The molecule has 1 aromatic carbocycles. The van der Waals surface area contributed by atoms with Gasteiger partial charge in [-0.3, -0.25) is 0 Å². The predicted molar refractivity (Wildman–Crippen MR) is 74.4 cm³/mol. The van der Waals surface area contributed by atoms with E-state index < -0.39 is 0 Å². The van der Waals surface area contributed by atoms with Gasteiger partial charge in [0.25, 0.3) is 0 Å². The molecule has 2 N–H and O–H groups in total. The van der Waals surface area contributed by atoms with E-state index in [1.54, 1.807) is 30.3 Å². The number of rotatable bonds is 6. The zero-order valence-electron chi connectivity index (χ0n) is 10.4. The minimum absolute atomic E-state index is 0.228. The van der Waals surface area contributed by atoms with Crippen molar-refractivity contribution in [3.63, 3.8) is 0 Å². The molecule has 0 amide bonds. The molecule has 98 valence electrons. The smallest absolute Gasteiger partial charge is 0.131 e. The van der Waals surface area contributed by atoms with Crippen LogP contribution in [0.3, 0.4) is 0 Å². The van der Waals surface area contributed by atoms with Crippen molar-refractivity contribution in [2.75, 3.05) is 17.2 Å². The number of benzene rings is 1. The fraction of sp³-hybridized carbons (Fsp3) is 0.143. The van der Waals surface area contributed by atoms with E-state index in [4.69, 9.17) is 0 Å². The lowest BCUT2D eigenvalue weighted by molar-refractivity contribution is 0.613. The van der Waals surface area contributed by atoms with Crippen molar-refractivity contribution in [1.82, 2.24) is 9.97 Å². The van der Waals surface area contributed by atoms with E-state index in [1.165, 1.54) is 12.4 Å². The maximum absolute atomic E-state index is 13.4. The topological polar surface area (TPSA) is 49.8 Å². The molecule has 0 spiro atoms. The predicted octanol–water partition coefficient (Wildman–Crippen LogP) is 2.83. The second-order valence-electron chi connectivity index (χ2n) is 3.90. The fourth-order valence-corrected chi connectivity index (χ4v) is 1.55. The van der Waals surface area contributed by atoms with Crippen LogP contribution in [0.1, 0.15) is 5.56 Å². The van der Waals surface area contributed by atoms with Crippen molar-refractivity contribution in [3.8, 4) is 0 Å². The molecule has 0 atom stereocenters. The number of aromatic nitrogens is 2. The first kappa shape index (κ1) is 13.0. The normalized spacial score (nSPS) is 9.95. The van der Waals surface area contributed by atoms with Crippen LogP contribution < -0.4 is 10.6 Å². The second kappa shape index (κ2) is 6.49. The average Bonchev–Trinajstić information content (AvgIpc) is 2.45. The van der Waals surface area contributed by atoms with Crippen molar-refractivity contribution in [2.24, 2.45) is 0 Å². The van der Waals surface area contributed by atoms with Gasteiger partial charge in [-0.1, -0.05) is 24.3 Å². The van der Waals surface area contributed by atoms with Gasteiger partial charge in [0.15, 0.2) is 0 Å². The molecule has 0 bridgehead atoms. The molecule has 0 aliphatic heterocycles. The third kappa shape index (κ3) is 3.77. The molecule has 0 fully saturated rings. The highest BCUT2D eigenvalue weighted by molar-refractivity contribution is 5.47. The maximum atomic E-state index is 13.4. The van der Waals surface area contributed by atoms with Crippen LogP contribution in [-0.2, 0) is 6.54 Å². The standard InChI is InChI=1S/C14H15FN4/c1-2-7-16-13-8-14(19-10-18-13)17-9-11-5-3-4-6-12(11)15/h2-6,8,10H,1,7,9H2,(H2,16,17,18,19). The Hall–Kier alpha value is -2.43. The Morgan fingerprint density at radius 2 is 1.89 bits per heavy atom. The molecule has 0 radical (unpaired) electrons. The average molecular weight is 258 g/mol. The molecule has 5 heteroatoms. The largest absolute Gasteiger partial charge is 0.366 e. The lowest BCUT2D eigenvalue weighted by Crippen LogP contribution is -2.05. The molecule has 0 saturated heterocycles. The monoisotopic (exact) mass is 258 g/mol. The van der Waals surface area contributed by atoms with Gasteiger partial charge in [0, 0.05) is 24.7 Å². The molecule has 2 aromatic rings. The van der Waals surface area contributed by atoms with Crippen LogP contribution in [0.5, 0.6) is 0 Å². The summed E-state index contributed by atoms with van der Waals surface area (Å²) in [6.07, 6.45) is 3.20. The molecule has 0 unspecified atom stereocenters. The molecule has 0 aliphatic rings. The molecular weight excluding hydrogens is 243 g/mol.